The van der Waals surface area contributed by atoms with Gasteiger partial charge in [0, 0.05) is 49.9 Å². The van der Waals surface area contributed by atoms with Crippen molar-refractivity contribution in [2.45, 2.75) is 32.0 Å². The molecule has 2 rings (SSSR count). The number of halogens is 1. The molecule has 1 aromatic rings. The fourth-order valence-corrected chi connectivity index (χ4v) is 3.02. The van der Waals surface area contributed by atoms with E-state index in [1.54, 1.807) is 0 Å². The summed E-state index contributed by atoms with van der Waals surface area (Å²) in [6, 6.07) is 7.94. The number of ether oxygens (including phenoxy) is 1. The van der Waals surface area contributed by atoms with Crippen LogP contribution in [0, 0.1) is 12.3 Å². The van der Waals surface area contributed by atoms with Crippen molar-refractivity contribution in [3.8, 4) is 12.3 Å². The molecule has 1 saturated heterocycles. The lowest BCUT2D eigenvalue weighted by atomic mass is 10.1. The molecule has 1 fully saturated rings. The Morgan fingerprint density at radius 2 is 2.04 bits per heavy atom. The predicted octanol–water partition coefficient (Wildman–Crippen LogP) is 2.64. The second kappa shape index (κ2) is 8.73. The number of hydrogen-bond acceptors (Lipinski definition) is 4. The number of aliphatic hydroxyl groups is 1. The van der Waals surface area contributed by atoms with Crippen molar-refractivity contribution in [2.24, 2.45) is 0 Å². The second-order valence-electron chi connectivity index (χ2n) is 6.87. The maximum atomic E-state index is 10.2. The number of terminal acetylenes is 1. The third-order valence-electron chi connectivity index (χ3n) is 4.21. The van der Waals surface area contributed by atoms with Gasteiger partial charge in [-0.1, -0.05) is 17.7 Å². The fourth-order valence-electron chi connectivity index (χ4n) is 2.83. The van der Waals surface area contributed by atoms with E-state index in [0.29, 0.717) is 19.6 Å². The molecule has 1 heterocycles. The summed E-state index contributed by atoms with van der Waals surface area (Å²) in [5, 5.41) is 11.0. The van der Waals surface area contributed by atoms with E-state index in [1.165, 1.54) is 0 Å². The number of benzene rings is 1. The third-order valence-corrected chi connectivity index (χ3v) is 4.44. The summed E-state index contributed by atoms with van der Waals surface area (Å²) in [4.78, 5) is 4.59. The van der Waals surface area contributed by atoms with Gasteiger partial charge in [-0.05, 0) is 32.0 Å². The third kappa shape index (κ3) is 5.99. The Kier molecular flexibility index (Phi) is 6.94. The smallest absolute Gasteiger partial charge is 0.0900 e. The van der Waals surface area contributed by atoms with Crippen molar-refractivity contribution in [1.29, 1.82) is 0 Å². The van der Waals surface area contributed by atoms with Crippen molar-refractivity contribution >= 4 is 17.3 Å². The molecule has 4 nitrogen and oxygen atoms in total. The van der Waals surface area contributed by atoms with E-state index in [0.717, 1.165) is 36.9 Å². The number of anilines is 1. The van der Waals surface area contributed by atoms with Crippen LogP contribution in [0.1, 0.15) is 20.3 Å². The monoisotopic (exact) mass is 350 g/mol. The van der Waals surface area contributed by atoms with Gasteiger partial charge in [-0.3, -0.25) is 4.90 Å². The first kappa shape index (κ1) is 19.1. The highest BCUT2D eigenvalue weighted by atomic mass is 35.5. The molecular weight excluding hydrogens is 324 g/mol. The van der Waals surface area contributed by atoms with Crippen LogP contribution in [0.3, 0.4) is 0 Å². The quantitative estimate of drug-likeness (QED) is 0.767. The number of nitrogens with zero attached hydrogens (tertiary/aromatic N) is 2. The number of hydrogen-bond donors (Lipinski definition) is 1. The molecule has 1 N–H and O–H groups in total. The van der Waals surface area contributed by atoms with Crippen LogP contribution >= 0.6 is 11.6 Å². The van der Waals surface area contributed by atoms with E-state index < -0.39 is 6.10 Å². The molecule has 24 heavy (non-hydrogen) atoms. The fraction of sp³-hybridized carbons (Fsp3) is 0.579. The molecule has 0 aromatic heterocycles. The first-order valence-corrected chi connectivity index (χ1v) is 8.76. The molecule has 0 amide bonds. The van der Waals surface area contributed by atoms with Crippen LogP contribution in [0.2, 0.25) is 5.02 Å². The first-order chi connectivity index (χ1) is 11.4. The molecule has 5 heteroatoms. The van der Waals surface area contributed by atoms with Gasteiger partial charge in [-0.25, -0.2) is 0 Å². The van der Waals surface area contributed by atoms with Crippen molar-refractivity contribution in [1.82, 2.24) is 4.90 Å². The van der Waals surface area contributed by atoms with E-state index in [2.05, 4.69) is 21.8 Å². The molecule has 0 unspecified atom stereocenters. The highest BCUT2D eigenvalue weighted by Crippen LogP contribution is 2.21. The molecule has 0 aliphatic carbocycles. The Labute approximate surface area is 150 Å². The van der Waals surface area contributed by atoms with Gasteiger partial charge in [0.15, 0.2) is 0 Å². The highest BCUT2D eigenvalue weighted by Gasteiger charge is 2.22. The zero-order chi connectivity index (χ0) is 17.6. The van der Waals surface area contributed by atoms with Crippen LogP contribution in [0.4, 0.5) is 5.69 Å². The molecular formula is C19H27ClN2O2. The minimum Gasteiger partial charge on any atom is -0.389 e. The topological polar surface area (TPSA) is 35.9 Å². The minimum absolute atomic E-state index is 0.309. The number of aliphatic hydroxyl groups excluding tert-OH is 1. The molecule has 0 radical (unpaired) electrons. The number of β-amino-alcohol motifs (C(OH)–C–C–N with tert-alkyl or cyclic N) is 1. The maximum Gasteiger partial charge on any atom is 0.0900 e. The predicted molar refractivity (Wildman–Crippen MR) is 99.6 cm³/mol. The Morgan fingerprint density at radius 1 is 1.33 bits per heavy atom. The van der Waals surface area contributed by atoms with Crippen LogP contribution in [0.25, 0.3) is 0 Å². The molecule has 1 aliphatic heterocycles. The van der Waals surface area contributed by atoms with Gasteiger partial charge in [0.1, 0.15) is 0 Å². The van der Waals surface area contributed by atoms with E-state index in [-0.39, 0.29) is 5.60 Å². The molecule has 0 bridgehead atoms. The van der Waals surface area contributed by atoms with Gasteiger partial charge in [0.05, 0.1) is 18.3 Å². The summed E-state index contributed by atoms with van der Waals surface area (Å²) >= 11 is 6.06. The van der Waals surface area contributed by atoms with Gasteiger partial charge in [0.2, 0.25) is 0 Å². The normalized spacial score (nSPS) is 17.5. The Morgan fingerprint density at radius 3 is 2.67 bits per heavy atom. The highest BCUT2D eigenvalue weighted by molar-refractivity contribution is 6.30. The first-order valence-electron chi connectivity index (χ1n) is 8.38. The molecule has 0 spiro atoms. The lowest BCUT2D eigenvalue weighted by Gasteiger charge is -2.37. The Hall–Kier alpha value is -1.25. The van der Waals surface area contributed by atoms with Crippen LogP contribution in [0.15, 0.2) is 24.3 Å². The van der Waals surface area contributed by atoms with Gasteiger partial charge >= 0.3 is 0 Å². The van der Waals surface area contributed by atoms with Crippen LogP contribution in [-0.2, 0) is 4.74 Å². The standard InChI is InChI=1S/C19H27ClN2O2/c1-4-8-19(2,3)24-15-18(23)14-21-9-11-22(12-10-21)17-7-5-6-16(20)13-17/h1,5-7,13,18,23H,8-12,14-15H2,2-3H3/t18-/m0/s1. The summed E-state index contributed by atoms with van der Waals surface area (Å²) in [6.07, 6.45) is 5.37. The van der Waals surface area contributed by atoms with Gasteiger partial charge < -0.3 is 14.7 Å². The minimum atomic E-state index is -0.500. The lowest BCUT2D eigenvalue weighted by molar-refractivity contribution is -0.0632. The van der Waals surface area contributed by atoms with E-state index in [4.69, 9.17) is 22.8 Å². The summed E-state index contributed by atoms with van der Waals surface area (Å²) < 4.78 is 5.73. The zero-order valence-electron chi connectivity index (χ0n) is 14.5. The lowest BCUT2D eigenvalue weighted by Crippen LogP contribution is -2.49. The van der Waals surface area contributed by atoms with E-state index in [1.807, 2.05) is 32.0 Å². The number of rotatable bonds is 7. The van der Waals surface area contributed by atoms with Gasteiger partial charge in [-0.15, -0.1) is 12.3 Å². The average Bonchev–Trinajstić information content (AvgIpc) is 2.54. The molecule has 1 atom stereocenters. The van der Waals surface area contributed by atoms with E-state index in [9.17, 15) is 5.11 Å². The van der Waals surface area contributed by atoms with Crippen molar-refractivity contribution < 1.29 is 9.84 Å². The maximum absolute atomic E-state index is 10.2. The largest absolute Gasteiger partial charge is 0.389 e. The molecule has 1 aliphatic rings. The van der Waals surface area contributed by atoms with E-state index >= 15 is 0 Å². The van der Waals surface area contributed by atoms with Gasteiger partial charge in [-0.2, -0.15) is 0 Å². The molecule has 0 saturated carbocycles. The second-order valence-corrected chi connectivity index (χ2v) is 7.31. The SMILES string of the molecule is C#CCC(C)(C)OC[C@@H](O)CN1CCN(c2cccc(Cl)c2)CC1. The van der Waals surface area contributed by atoms with Crippen LogP contribution in [0.5, 0.6) is 0 Å². The Bertz CT molecular complexity index is 563. The van der Waals surface area contributed by atoms with Crippen molar-refractivity contribution in [3.05, 3.63) is 29.3 Å². The van der Waals surface area contributed by atoms with Crippen molar-refractivity contribution in [2.75, 3.05) is 44.2 Å². The summed E-state index contributed by atoms with van der Waals surface area (Å²) in [5.74, 6) is 2.61. The van der Waals surface area contributed by atoms with Crippen LogP contribution in [-0.4, -0.2) is 61.0 Å². The molecule has 132 valence electrons. The summed E-state index contributed by atoms with van der Waals surface area (Å²) in [7, 11) is 0. The Balaban J connectivity index is 1.74. The van der Waals surface area contributed by atoms with Crippen LogP contribution < -0.4 is 4.90 Å². The summed E-state index contributed by atoms with van der Waals surface area (Å²) in [6.45, 7) is 8.51. The summed E-state index contributed by atoms with van der Waals surface area (Å²) in [5.41, 5.74) is 0.767. The zero-order valence-corrected chi connectivity index (χ0v) is 15.3. The number of piperazine rings is 1. The molecule has 1 aromatic carbocycles. The van der Waals surface area contributed by atoms with Crippen molar-refractivity contribution in [3.63, 3.8) is 0 Å². The van der Waals surface area contributed by atoms with Gasteiger partial charge in [0.25, 0.3) is 0 Å². The average molecular weight is 351 g/mol.